The van der Waals surface area contributed by atoms with E-state index in [2.05, 4.69) is 20.9 Å². The smallest absolute Gasteiger partial charge is 0.325 e. The summed E-state index contributed by atoms with van der Waals surface area (Å²) in [6.45, 7) is 2.52. The number of rotatable bonds is 13. The average Bonchev–Trinajstić information content (AvgIpc) is 3.23. The topological polar surface area (TPSA) is 170 Å². The second-order valence-corrected chi connectivity index (χ2v) is 7.67. The first-order chi connectivity index (χ1) is 16.7. The maximum Gasteiger partial charge on any atom is 0.325 e. The molecule has 0 aliphatic rings. The standard InChI is InChI=1S/C23H28FN5O6/c1-3-35-20(32)12-27-22(33)18(8-7-15(31)10-25)29-23(34)19(28-13(2)30)9-14-11-26-21-16(14)5-4-6-17(21)24/h4-6,10-11,18-19,25-26H,3,7-9,12H2,1-2H3,(H,27,33)(H,28,30)(H,29,34)/t18-,19-/m0/s1. The lowest BCUT2D eigenvalue weighted by Crippen LogP contribution is -2.54. The third kappa shape index (κ3) is 8.02. The molecule has 1 aromatic heterocycles. The van der Waals surface area contributed by atoms with Crippen molar-refractivity contribution in [3.05, 3.63) is 35.8 Å². The van der Waals surface area contributed by atoms with E-state index in [1.54, 1.807) is 13.0 Å². The first kappa shape index (κ1) is 27.2. The van der Waals surface area contributed by atoms with Gasteiger partial charge in [0, 0.05) is 31.3 Å². The summed E-state index contributed by atoms with van der Waals surface area (Å²) in [7, 11) is 0. The summed E-state index contributed by atoms with van der Waals surface area (Å²) in [5.74, 6) is -3.66. The zero-order valence-electron chi connectivity index (χ0n) is 19.4. The Morgan fingerprint density at radius 2 is 1.89 bits per heavy atom. The van der Waals surface area contributed by atoms with Crippen molar-refractivity contribution in [2.24, 2.45) is 0 Å². The minimum absolute atomic E-state index is 0.00847. The van der Waals surface area contributed by atoms with Crippen LogP contribution in [0.5, 0.6) is 0 Å². The van der Waals surface area contributed by atoms with Crippen molar-refractivity contribution in [3.8, 4) is 0 Å². The van der Waals surface area contributed by atoms with Crippen molar-refractivity contribution in [2.45, 2.75) is 45.2 Å². The van der Waals surface area contributed by atoms with Crippen LogP contribution in [0.25, 0.3) is 10.9 Å². The Labute approximate surface area is 200 Å². The minimum Gasteiger partial charge on any atom is -0.465 e. The zero-order valence-corrected chi connectivity index (χ0v) is 19.4. The Balaban J connectivity index is 2.20. The lowest BCUT2D eigenvalue weighted by molar-refractivity contribution is -0.143. The van der Waals surface area contributed by atoms with Gasteiger partial charge in [-0.15, -0.1) is 0 Å². The largest absolute Gasteiger partial charge is 0.465 e. The molecule has 1 heterocycles. The fourth-order valence-corrected chi connectivity index (χ4v) is 3.41. The number of hydrogen-bond acceptors (Lipinski definition) is 7. The van der Waals surface area contributed by atoms with E-state index in [1.165, 1.54) is 25.3 Å². The predicted molar refractivity (Wildman–Crippen MR) is 124 cm³/mol. The number of benzene rings is 1. The number of Topliss-reactive ketones (excluding diaryl/α,β-unsaturated/α-hetero) is 1. The molecule has 2 atom stereocenters. The van der Waals surface area contributed by atoms with Gasteiger partial charge in [0.05, 0.1) is 18.3 Å². The van der Waals surface area contributed by atoms with Gasteiger partial charge in [-0.25, -0.2) is 4.39 Å². The lowest BCUT2D eigenvalue weighted by Gasteiger charge is -2.22. The number of halogens is 1. The Bertz CT molecular complexity index is 1120. The highest BCUT2D eigenvalue weighted by Crippen LogP contribution is 2.22. The highest BCUT2D eigenvalue weighted by atomic mass is 19.1. The van der Waals surface area contributed by atoms with Crippen LogP contribution in [-0.2, 0) is 35.1 Å². The number of ether oxygens (including phenoxy) is 1. The predicted octanol–water partition coefficient (Wildman–Crippen LogP) is 0.517. The summed E-state index contributed by atoms with van der Waals surface area (Å²) in [5.41, 5.74) is 0.821. The first-order valence-electron chi connectivity index (χ1n) is 10.9. The maximum atomic E-state index is 14.0. The minimum atomic E-state index is -1.22. The van der Waals surface area contributed by atoms with Gasteiger partial charge in [-0.3, -0.25) is 24.0 Å². The quantitative estimate of drug-likeness (QED) is 0.203. The molecule has 0 bridgehead atoms. The van der Waals surface area contributed by atoms with Gasteiger partial charge in [-0.05, 0) is 25.0 Å². The number of amides is 3. The molecule has 2 rings (SSSR count). The number of carbonyl (C=O) groups is 5. The number of esters is 1. The lowest BCUT2D eigenvalue weighted by atomic mass is 10.0. The summed E-state index contributed by atoms with van der Waals surface area (Å²) < 4.78 is 18.8. The molecule has 5 N–H and O–H groups in total. The van der Waals surface area contributed by atoms with Crippen LogP contribution in [0.1, 0.15) is 32.3 Å². The molecule has 35 heavy (non-hydrogen) atoms. The Morgan fingerprint density at radius 1 is 1.14 bits per heavy atom. The summed E-state index contributed by atoms with van der Waals surface area (Å²) in [5, 5.41) is 14.9. The third-order valence-electron chi connectivity index (χ3n) is 5.05. The first-order valence-corrected chi connectivity index (χ1v) is 10.9. The van der Waals surface area contributed by atoms with Gasteiger partial charge in [0.15, 0.2) is 5.78 Å². The van der Waals surface area contributed by atoms with E-state index in [-0.39, 0.29) is 31.4 Å². The van der Waals surface area contributed by atoms with E-state index >= 15 is 0 Å². The Kier molecular flexibility index (Phi) is 10.1. The van der Waals surface area contributed by atoms with Gasteiger partial charge in [0.25, 0.3) is 0 Å². The molecule has 1 aromatic carbocycles. The average molecular weight is 490 g/mol. The van der Waals surface area contributed by atoms with Gasteiger partial charge in [0.2, 0.25) is 17.7 Å². The zero-order chi connectivity index (χ0) is 26.0. The molecule has 0 saturated carbocycles. The molecule has 0 aliphatic carbocycles. The van der Waals surface area contributed by atoms with E-state index in [0.29, 0.717) is 17.2 Å². The SMILES string of the molecule is CCOC(=O)CNC(=O)[C@H](CCC(=O)C=N)NC(=O)[C@H](Cc1c[nH]c2c(F)cccc12)NC(C)=O. The highest BCUT2D eigenvalue weighted by Gasteiger charge is 2.28. The molecular formula is C23H28FN5O6. The number of aromatic nitrogens is 1. The molecule has 0 fully saturated rings. The Hall–Kier alpha value is -4.09. The Morgan fingerprint density at radius 3 is 2.54 bits per heavy atom. The van der Waals surface area contributed by atoms with Crippen molar-refractivity contribution < 1.29 is 33.1 Å². The van der Waals surface area contributed by atoms with E-state index in [0.717, 1.165) is 0 Å². The second-order valence-electron chi connectivity index (χ2n) is 7.67. The van der Waals surface area contributed by atoms with E-state index in [4.69, 9.17) is 10.1 Å². The summed E-state index contributed by atoms with van der Waals surface area (Å²) in [6.07, 6.45) is 1.78. The molecule has 0 radical (unpaired) electrons. The molecule has 0 unspecified atom stereocenters. The van der Waals surface area contributed by atoms with Crippen molar-refractivity contribution in [3.63, 3.8) is 0 Å². The molecule has 0 saturated heterocycles. The normalized spacial score (nSPS) is 12.3. The highest BCUT2D eigenvalue weighted by molar-refractivity contribution is 6.26. The van der Waals surface area contributed by atoms with Crippen LogP contribution >= 0.6 is 0 Å². The van der Waals surface area contributed by atoms with Crippen LogP contribution in [0.2, 0.25) is 0 Å². The fourth-order valence-electron chi connectivity index (χ4n) is 3.41. The van der Waals surface area contributed by atoms with Gasteiger partial charge in [-0.1, -0.05) is 12.1 Å². The molecular weight excluding hydrogens is 461 g/mol. The van der Waals surface area contributed by atoms with E-state index < -0.39 is 53.9 Å². The van der Waals surface area contributed by atoms with Gasteiger partial charge in [-0.2, -0.15) is 0 Å². The van der Waals surface area contributed by atoms with Crippen LogP contribution in [-0.4, -0.2) is 65.9 Å². The molecule has 188 valence electrons. The number of ketones is 1. The van der Waals surface area contributed by atoms with Crippen molar-refractivity contribution in [1.82, 2.24) is 20.9 Å². The fraction of sp³-hybridized carbons (Fsp3) is 0.391. The number of aromatic amines is 1. The molecule has 0 aliphatic heterocycles. The number of para-hydroxylation sites is 1. The van der Waals surface area contributed by atoms with Crippen LogP contribution in [0.4, 0.5) is 4.39 Å². The summed E-state index contributed by atoms with van der Waals surface area (Å²) in [4.78, 5) is 63.4. The maximum absolute atomic E-state index is 14.0. The van der Waals surface area contributed by atoms with E-state index in [1.807, 2.05) is 0 Å². The van der Waals surface area contributed by atoms with Crippen LogP contribution < -0.4 is 16.0 Å². The van der Waals surface area contributed by atoms with Crippen molar-refractivity contribution >= 4 is 46.6 Å². The molecule has 11 nitrogen and oxygen atoms in total. The number of hydrogen-bond donors (Lipinski definition) is 5. The van der Waals surface area contributed by atoms with Crippen molar-refractivity contribution in [2.75, 3.05) is 13.2 Å². The molecule has 12 heteroatoms. The van der Waals surface area contributed by atoms with Gasteiger partial charge >= 0.3 is 5.97 Å². The second kappa shape index (κ2) is 13.0. The molecule has 2 aromatic rings. The molecule has 3 amide bonds. The monoisotopic (exact) mass is 489 g/mol. The number of H-pyrrole nitrogens is 1. The van der Waals surface area contributed by atoms with Gasteiger partial charge in [0.1, 0.15) is 24.4 Å². The van der Waals surface area contributed by atoms with Crippen molar-refractivity contribution in [1.29, 1.82) is 5.41 Å². The van der Waals surface area contributed by atoms with Crippen LogP contribution in [0.15, 0.2) is 24.4 Å². The summed E-state index contributed by atoms with van der Waals surface area (Å²) in [6, 6.07) is 2.13. The number of carbonyl (C=O) groups excluding carboxylic acids is 5. The summed E-state index contributed by atoms with van der Waals surface area (Å²) >= 11 is 0. The van der Waals surface area contributed by atoms with Gasteiger partial charge < -0.3 is 31.1 Å². The number of fused-ring (bicyclic) bond motifs is 1. The number of nitrogens with one attached hydrogen (secondary N) is 5. The molecule has 0 spiro atoms. The third-order valence-corrected chi connectivity index (χ3v) is 5.05. The van der Waals surface area contributed by atoms with E-state index in [9.17, 15) is 28.4 Å². The van der Waals surface area contributed by atoms with Crippen LogP contribution in [0, 0.1) is 11.2 Å². The van der Waals surface area contributed by atoms with Crippen LogP contribution in [0.3, 0.4) is 0 Å².